The summed E-state index contributed by atoms with van der Waals surface area (Å²) in [5.41, 5.74) is 5.53. The maximum Gasteiger partial charge on any atom is 0.337 e. The van der Waals surface area contributed by atoms with Crippen LogP contribution in [0.25, 0.3) is 5.57 Å². The van der Waals surface area contributed by atoms with Gasteiger partial charge in [-0.2, -0.15) is 0 Å². The monoisotopic (exact) mass is 324 g/mol. The maximum atomic E-state index is 11.6. The summed E-state index contributed by atoms with van der Waals surface area (Å²) in [6.45, 7) is 8.56. The number of esters is 1. The molecule has 0 radical (unpaired) electrons. The average molecular weight is 324 g/mol. The summed E-state index contributed by atoms with van der Waals surface area (Å²) in [4.78, 5) is 11.6. The molecule has 0 saturated heterocycles. The molecule has 3 nitrogen and oxygen atoms in total. The Morgan fingerprint density at radius 1 is 1.04 bits per heavy atom. The molecular formula is C21H24O3. The third-order valence-corrected chi connectivity index (χ3v) is 4.27. The summed E-state index contributed by atoms with van der Waals surface area (Å²) in [5, 5.41) is 0. The Morgan fingerprint density at radius 2 is 1.75 bits per heavy atom. The minimum atomic E-state index is -0.373. The molecule has 0 atom stereocenters. The molecule has 0 aliphatic carbocycles. The Morgan fingerprint density at radius 3 is 2.42 bits per heavy atom. The lowest BCUT2D eigenvalue weighted by atomic mass is 9.96. The molecule has 0 amide bonds. The Labute approximate surface area is 143 Å². The first-order valence-corrected chi connectivity index (χ1v) is 8.09. The standard InChI is InChI=1S/C21H24O3/c1-6-14(2)16(4)20-13-19(11-10-15(20)3)24-18-9-7-8-17(12-18)21(22)23-5/h7-13H,6H2,1-5H3/b16-14-. The van der Waals surface area contributed by atoms with E-state index in [0.717, 1.165) is 12.2 Å². The number of carbonyl (C=O) groups excluding carboxylic acids is 1. The molecule has 2 aromatic rings. The van der Waals surface area contributed by atoms with Crippen LogP contribution in [0.5, 0.6) is 11.5 Å². The van der Waals surface area contributed by atoms with Crippen molar-refractivity contribution in [3.63, 3.8) is 0 Å². The van der Waals surface area contributed by atoms with Gasteiger partial charge in [-0.05, 0) is 74.2 Å². The fourth-order valence-electron chi connectivity index (χ4n) is 2.50. The predicted octanol–water partition coefficient (Wildman–Crippen LogP) is 5.78. The summed E-state index contributed by atoms with van der Waals surface area (Å²) in [7, 11) is 1.37. The van der Waals surface area contributed by atoms with Gasteiger partial charge in [-0.25, -0.2) is 4.79 Å². The largest absolute Gasteiger partial charge is 0.465 e. The second kappa shape index (κ2) is 7.82. The summed E-state index contributed by atoms with van der Waals surface area (Å²) in [5.74, 6) is 0.991. The number of allylic oxidation sites excluding steroid dienone is 2. The first-order valence-electron chi connectivity index (χ1n) is 8.09. The number of benzene rings is 2. The highest BCUT2D eigenvalue weighted by Crippen LogP contribution is 2.30. The molecule has 0 unspecified atom stereocenters. The van der Waals surface area contributed by atoms with E-state index in [2.05, 4.69) is 39.8 Å². The number of hydrogen-bond acceptors (Lipinski definition) is 3. The minimum absolute atomic E-state index is 0.373. The molecule has 0 fully saturated rings. The first kappa shape index (κ1) is 17.8. The van der Waals surface area contributed by atoms with Crippen LogP contribution in [0.3, 0.4) is 0 Å². The van der Waals surface area contributed by atoms with Crippen molar-refractivity contribution >= 4 is 11.5 Å². The van der Waals surface area contributed by atoms with Gasteiger partial charge in [0.1, 0.15) is 11.5 Å². The van der Waals surface area contributed by atoms with Gasteiger partial charge in [-0.15, -0.1) is 0 Å². The number of aryl methyl sites for hydroxylation is 1. The zero-order valence-electron chi connectivity index (χ0n) is 15.0. The third-order valence-electron chi connectivity index (χ3n) is 4.27. The quantitative estimate of drug-likeness (QED) is 0.654. The number of methoxy groups -OCH3 is 1. The molecule has 3 heteroatoms. The maximum absolute atomic E-state index is 11.6. The van der Waals surface area contributed by atoms with Gasteiger partial charge in [-0.3, -0.25) is 0 Å². The van der Waals surface area contributed by atoms with Crippen LogP contribution in [-0.2, 0) is 4.74 Å². The molecule has 2 rings (SSSR count). The van der Waals surface area contributed by atoms with Gasteiger partial charge in [0.25, 0.3) is 0 Å². The van der Waals surface area contributed by atoms with Crippen LogP contribution in [0.1, 0.15) is 48.7 Å². The molecule has 0 heterocycles. The van der Waals surface area contributed by atoms with Crippen LogP contribution in [0.15, 0.2) is 48.0 Å². The number of rotatable bonds is 5. The van der Waals surface area contributed by atoms with Crippen LogP contribution >= 0.6 is 0 Å². The third kappa shape index (κ3) is 4.05. The average Bonchev–Trinajstić information content (AvgIpc) is 2.61. The molecule has 0 saturated carbocycles. The summed E-state index contributed by atoms with van der Waals surface area (Å²) in [6.07, 6.45) is 1.03. The molecular weight excluding hydrogens is 300 g/mol. The highest BCUT2D eigenvalue weighted by atomic mass is 16.5. The fraction of sp³-hybridized carbons (Fsp3) is 0.286. The lowest BCUT2D eigenvalue weighted by molar-refractivity contribution is 0.0600. The topological polar surface area (TPSA) is 35.5 Å². The van der Waals surface area contributed by atoms with Crippen LogP contribution in [0.2, 0.25) is 0 Å². The predicted molar refractivity (Wildman–Crippen MR) is 97.6 cm³/mol. The van der Waals surface area contributed by atoms with E-state index in [9.17, 15) is 4.79 Å². The van der Waals surface area contributed by atoms with Crippen molar-refractivity contribution in [3.05, 3.63) is 64.7 Å². The Hall–Kier alpha value is -2.55. The van der Waals surface area contributed by atoms with Gasteiger partial charge in [0.15, 0.2) is 0 Å². The van der Waals surface area contributed by atoms with Crippen molar-refractivity contribution in [3.8, 4) is 11.5 Å². The molecule has 0 N–H and O–H groups in total. The summed E-state index contributed by atoms with van der Waals surface area (Å²) >= 11 is 0. The first-order chi connectivity index (χ1) is 11.5. The second-order valence-electron chi connectivity index (χ2n) is 5.86. The number of hydrogen-bond donors (Lipinski definition) is 0. The zero-order valence-corrected chi connectivity index (χ0v) is 15.0. The molecule has 0 aromatic heterocycles. The SMILES string of the molecule is CC/C(C)=C(/C)c1cc(Oc2cccc(C(=O)OC)c2)ccc1C. The highest BCUT2D eigenvalue weighted by Gasteiger charge is 2.09. The van der Waals surface area contributed by atoms with Crippen molar-refractivity contribution in [1.29, 1.82) is 0 Å². The molecule has 0 aliphatic rings. The molecule has 0 spiro atoms. The van der Waals surface area contributed by atoms with E-state index in [0.29, 0.717) is 11.3 Å². The summed E-state index contributed by atoms with van der Waals surface area (Å²) in [6, 6.07) is 13.0. The van der Waals surface area contributed by atoms with Gasteiger partial charge >= 0.3 is 5.97 Å². The van der Waals surface area contributed by atoms with E-state index in [1.165, 1.54) is 29.4 Å². The molecule has 2 aromatic carbocycles. The van der Waals surface area contributed by atoms with Crippen molar-refractivity contribution in [2.45, 2.75) is 34.1 Å². The van der Waals surface area contributed by atoms with E-state index in [4.69, 9.17) is 9.47 Å². The second-order valence-corrected chi connectivity index (χ2v) is 5.86. The van der Waals surface area contributed by atoms with Gasteiger partial charge < -0.3 is 9.47 Å². The minimum Gasteiger partial charge on any atom is -0.465 e. The van der Waals surface area contributed by atoms with Crippen molar-refractivity contribution in [2.24, 2.45) is 0 Å². The van der Waals surface area contributed by atoms with Crippen LogP contribution in [0, 0.1) is 6.92 Å². The molecule has 0 aliphatic heterocycles. The highest BCUT2D eigenvalue weighted by molar-refractivity contribution is 5.89. The van der Waals surface area contributed by atoms with Gasteiger partial charge in [-0.1, -0.05) is 24.6 Å². The summed E-state index contributed by atoms with van der Waals surface area (Å²) < 4.78 is 10.7. The smallest absolute Gasteiger partial charge is 0.337 e. The molecule has 0 bridgehead atoms. The van der Waals surface area contributed by atoms with Crippen LogP contribution < -0.4 is 4.74 Å². The van der Waals surface area contributed by atoms with E-state index < -0.39 is 0 Å². The van der Waals surface area contributed by atoms with Crippen molar-refractivity contribution in [1.82, 2.24) is 0 Å². The van der Waals surface area contributed by atoms with Crippen molar-refractivity contribution < 1.29 is 14.3 Å². The van der Waals surface area contributed by atoms with E-state index in [-0.39, 0.29) is 5.97 Å². The zero-order chi connectivity index (χ0) is 17.7. The van der Waals surface area contributed by atoms with Gasteiger partial charge in [0.05, 0.1) is 12.7 Å². The molecule has 24 heavy (non-hydrogen) atoms. The van der Waals surface area contributed by atoms with Crippen LogP contribution in [0.4, 0.5) is 0 Å². The number of ether oxygens (including phenoxy) is 2. The number of carbonyl (C=O) groups is 1. The van der Waals surface area contributed by atoms with Gasteiger partial charge in [0, 0.05) is 0 Å². The lowest BCUT2D eigenvalue weighted by Crippen LogP contribution is -2.00. The Balaban J connectivity index is 2.33. The van der Waals surface area contributed by atoms with Crippen LogP contribution in [-0.4, -0.2) is 13.1 Å². The molecule has 126 valence electrons. The van der Waals surface area contributed by atoms with E-state index in [1.807, 2.05) is 12.1 Å². The Bertz CT molecular complexity index is 772. The Kier molecular flexibility index (Phi) is 5.80. The van der Waals surface area contributed by atoms with E-state index in [1.54, 1.807) is 18.2 Å². The normalized spacial score (nSPS) is 11.7. The lowest BCUT2D eigenvalue weighted by Gasteiger charge is -2.13. The van der Waals surface area contributed by atoms with Crippen molar-refractivity contribution in [2.75, 3.05) is 7.11 Å². The van der Waals surface area contributed by atoms with E-state index >= 15 is 0 Å². The fourth-order valence-corrected chi connectivity index (χ4v) is 2.50. The van der Waals surface area contributed by atoms with Gasteiger partial charge in [0.2, 0.25) is 0 Å².